The molecule has 1 atom stereocenters. The second-order valence-corrected chi connectivity index (χ2v) is 7.84. The molecule has 28 heavy (non-hydrogen) atoms. The lowest BCUT2D eigenvalue weighted by atomic mass is 10.1. The number of hydrogen-bond acceptors (Lipinski definition) is 6. The lowest BCUT2D eigenvalue weighted by Gasteiger charge is -2.23. The molecule has 0 bridgehead atoms. The standard InChI is InChI=1S/C20H29N5O3/c1-6-24(12-16-21-18(28-22-16)15-7-8-15)19(26)17-13(2)9-10-25(20(17)27)14(3)11-23(4)5/h9-10,14-15H,6-8,11-12H2,1-5H3. The van der Waals surface area contributed by atoms with Crippen LogP contribution in [0.2, 0.25) is 0 Å². The van der Waals surface area contributed by atoms with Gasteiger partial charge < -0.3 is 18.9 Å². The molecule has 1 unspecified atom stereocenters. The topological polar surface area (TPSA) is 84.5 Å². The maximum atomic E-state index is 13.2. The maximum absolute atomic E-state index is 13.2. The molecule has 3 rings (SSSR count). The third-order valence-corrected chi connectivity index (χ3v) is 5.06. The Kier molecular flexibility index (Phi) is 5.98. The molecule has 0 spiro atoms. The minimum Gasteiger partial charge on any atom is -0.339 e. The van der Waals surface area contributed by atoms with Crippen molar-refractivity contribution in [2.24, 2.45) is 0 Å². The van der Waals surface area contributed by atoms with Crippen molar-refractivity contribution in [1.82, 2.24) is 24.5 Å². The summed E-state index contributed by atoms with van der Waals surface area (Å²) in [5.74, 6) is 1.20. The number of amides is 1. The van der Waals surface area contributed by atoms with Crippen molar-refractivity contribution >= 4 is 5.91 Å². The van der Waals surface area contributed by atoms with Crippen molar-refractivity contribution in [3.8, 4) is 0 Å². The molecule has 2 aromatic heterocycles. The molecule has 0 saturated heterocycles. The first-order valence-corrected chi connectivity index (χ1v) is 9.80. The van der Waals surface area contributed by atoms with Crippen molar-refractivity contribution in [3.63, 3.8) is 0 Å². The predicted octanol–water partition coefficient (Wildman–Crippen LogP) is 2.20. The fourth-order valence-electron chi connectivity index (χ4n) is 3.35. The van der Waals surface area contributed by atoms with Gasteiger partial charge >= 0.3 is 0 Å². The normalized spacial score (nSPS) is 15.1. The van der Waals surface area contributed by atoms with Crippen LogP contribution < -0.4 is 5.56 Å². The summed E-state index contributed by atoms with van der Waals surface area (Å²) < 4.78 is 6.92. The Bertz CT molecular complexity index is 897. The minimum absolute atomic E-state index is 0.0389. The van der Waals surface area contributed by atoms with E-state index in [2.05, 4.69) is 10.1 Å². The first-order valence-electron chi connectivity index (χ1n) is 9.80. The van der Waals surface area contributed by atoms with Gasteiger partial charge in [-0.2, -0.15) is 4.98 Å². The smallest absolute Gasteiger partial charge is 0.263 e. The van der Waals surface area contributed by atoms with Gasteiger partial charge in [0.2, 0.25) is 5.89 Å². The van der Waals surface area contributed by atoms with Gasteiger partial charge in [-0.1, -0.05) is 5.16 Å². The molecule has 1 fully saturated rings. The van der Waals surface area contributed by atoms with Gasteiger partial charge in [0.15, 0.2) is 5.82 Å². The second-order valence-electron chi connectivity index (χ2n) is 7.84. The molecule has 2 aromatic rings. The van der Waals surface area contributed by atoms with Gasteiger partial charge in [0.25, 0.3) is 11.5 Å². The van der Waals surface area contributed by atoms with Gasteiger partial charge in [-0.25, -0.2) is 0 Å². The molecule has 152 valence electrons. The molecular weight excluding hydrogens is 358 g/mol. The molecule has 8 nitrogen and oxygen atoms in total. The van der Waals surface area contributed by atoms with Crippen molar-refractivity contribution in [3.05, 3.63) is 45.5 Å². The van der Waals surface area contributed by atoms with E-state index in [0.29, 0.717) is 36.3 Å². The average Bonchev–Trinajstić information content (AvgIpc) is 3.37. The third-order valence-electron chi connectivity index (χ3n) is 5.06. The zero-order valence-corrected chi connectivity index (χ0v) is 17.3. The number of aromatic nitrogens is 3. The van der Waals surface area contributed by atoms with Crippen LogP contribution in [0.3, 0.4) is 0 Å². The first kappa shape index (κ1) is 20.3. The fourth-order valence-corrected chi connectivity index (χ4v) is 3.35. The molecule has 8 heteroatoms. The van der Waals surface area contributed by atoms with Gasteiger partial charge in [-0.05, 0) is 59.3 Å². The summed E-state index contributed by atoms with van der Waals surface area (Å²) in [4.78, 5) is 34.3. The van der Waals surface area contributed by atoms with E-state index in [4.69, 9.17) is 4.52 Å². The van der Waals surface area contributed by atoms with Crippen LogP contribution in [0, 0.1) is 6.92 Å². The Morgan fingerprint density at radius 1 is 1.39 bits per heavy atom. The lowest BCUT2D eigenvalue weighted by molar-refractivity contribution is 0.0743. The summed E-state index contributed by atoms with van der Waals surface area (Å²) in [5, 5.41) is 4.00. The van der Waals surface area contributed by atoms with Gasteiger partial charge in [0.05, 0.1) is 6.54 Å². The maximum Gasteiger partial charge on any atom is 0.263 e. The fraction of sp³-hybridized carbons (Fsp3) is 0.600. The van der Waals surface area contributed by atoms with Gasteiger partial charge in [0.1, 0.15) is 5.56 Å². The van der Waals surface area contributed by atoms with Crippen LogP contribution in [0.1, 0.15) is 66.3 Å². The van der Waals surface area contributed by atoms with Crippen LogP contribution in [0.15, 0.2) is 21.6 Å². The summed E-state index contributed by atoms with van der Waals surface area (Å²) in [7, 11) is 3.92. The first-order chi connectivity index (χ1) is 13.3. The summed E-state index contributed by atoms with van der Waals surface area (Å²) in [5.41, 5.74) is 0.624. The lowest BCUT2D eigenvalue weighted by Crippen LogP contribution is -2.39. The monoisotopic (exact) mass is 387 g/mol. The number of likely N-dealkylation sites (N-methyl/N-ethyl adjacent to an activating group) is 1. The van der Waals surface area contributed by atoms with Crippen LogP contribution in [0.25, 0.3) is 0 Å². The molecule has 1 saturated carbocycles. The Morgan fingerprint density at radius 3 is 2.71 bits per heavy atom. The van der Waals surface area contributed by atoms with E-state index >= 15 is 0 Å². The van der Waals surface area contributed by atoms with Crippen molar-refractivity contribution in [2.75, 3.05) is 27.2 Å². The zero-order chi connectivity index (χ0) is 20.4. The van der Waals surface area contributed by atoms with Crippen LogP contribution in [-0.2, 0) is 6.54 Å². The molecule has 0 aliphatic heterocycles. The number of rotatable bonds is 8. The Morgan fingerprint density at radius 2 is 2.11 bits per heavy atom. The molecule has 1 aliphatic rings. The molecule has 0 radical (unpaired) electrons. The van der Waals surface area contributed by atoms with Gasteiger partial charge in [-0.3, -0.25) is 9.59 Å². The summed E-state index contributed by atoms with van der Waals surface area (Å²) >= 11 is 0. The number of hydrogen-bond donors (Lipinski definition) is 0. The van der Waals surface area contributed by atoms with Crippen LogP contribution in [0.4, 0.5) is 0 Å². The molecule has 1 amide bonds. The highest BCUT2D eigenvalue weighted by molar-refractivity contribution is 5.95. The van der Waals surface area contributed by atoms with Gasteiger partial charge in [0, 0.05) is 31.2 Å². The van der Waals surface area contributed by atoms with E-state index in [-0.39, 0.29) is 29.6 Å². The Hall–Kier alpha value is -2.48. The minimum atomic E-state index is -0.297. The van der Waals surface area contributed by atoms with E-state index in [1.54, 1.807) is 22.6 Å². The molecule has 0 N–H and O–H groups in total. The molecular formula is C20H29N5O3. The van der Waals surface area contributed by atoms with Crippen molar-refractivity contribution in [1.29, 1.82) is 0 Å². The number of carbonyl (C=O) groups excluding carboxylic acids is 1. The highest BCUT2D eigenvalue weighted by Gasteiger charge is 2.30. The van der Waals surface area contributed by atoms with E-state index in [9.17, 15) is 9.59 Å². The largest absolute Gasteiger partial charge is 0.339 e. The summed E-state index contributed by atoms with van der Waals surface area (Å²) in [6.45, 7) is 7.04. The number of nitrogens with zero attached hydrogens (tertiary/aromatic N) is 5. The molecule has 0 aromatic carbocycles. The number of pyridine rings is 1. The van der Waals surface area contributed by atoms with Gasteiger partial charge in [-0.15, -0.1) is 0 Å². The van der Waals surface area contributed by atoms with E-state index in [1.165, 1.54) is 0 Å². The van der Waals surface area contributed by atoms with E-state index in [1.807, 2.05) is 38.9 Å². The van der Waals surface area contributed by atoms with Crippen LogP contribution in [0.5, 0.6) is 0 Å². The number of carbonyl (C=O) groups is 1. The SMILES string of the molecule is CCN(Cc1noc(C2CC2)n1)C(=O)c1c(C)ccn(C(C)CN(C)C)c1=O. The highest BCUT2D eigenvalue weighted by atomic mass is 16.5. The van der Waals surface area contributed by atoms with Crippen LogP contribution >= 0.6 is 0 Å². The third kappa shape index (κ3) is 4.32. The predicted molar refractivity (Wildman–Crippen MR) is 105 cm³/mol. The van der Waals surface area contributed by atoms with E-state index in [0.717, 1.165) is 12.8 Å². The molecule has 1 aliphatic carbocycles. The second kappa shape index (κ2) is 8.26. The summed E-state index contributed by atoms with van der Waals surface area (Å²) in [6, 6.07) is 1.79. The highest BCUT2D eigenvalue weighted by Crippen LogP contribution is 2.38. The average molecular weight is 387 g/mol. The Labute approximate surface area is 165 Å². The van der Waals surface area contributed by atoms with Crippen molar-refractivity contribution in [2.45, 2.75) is 52.1 Å². The molecule has 2 heterocycles. The summed E-state index contributed by atoms with van der Waals surface area (Å²) in [6.07, 6.45) is 3.91. The quantitative estimate of drug-likeness (QED) is 0.690. The Balaban J connectivity index is 1.85. The van der Waals surface area contributed by atoms with Crippen molar-refractivity contribution < 1.29 is 9.32 Å². The number of aryl methyl sites for hydroxylation is 1. The van der Waals surface area contributed by atoms with Crippen LogP contribution in [-0.4, -0.2) is 57.6 Å². The van der Waals surface area contributed by atoms with E-state index < -0.39 is 0 Å². The zero-order valence-electron chi connectivity index (χ0n) is 17.3.